The van der Waals surface area contributed by atoms with E-state index in [2.05, 4.69) is 33.8 Å². The first-order valence-electron chi connectivity index (χ1n) is 9.15. The van der Waals surface area contributed by atoms with E-state index >= 15 is 0 Å². The van der Waals surface area contributed by atoms with Crippen molar-refractivity contribution < 1.29 is 5.11 Å². The number of aryl methyl sites for hydroxylation is 1. The molecule has 22 heavy (non-hydrogen) atoms. The fourth-order valence-corrected chi connectivity index (χ4v) is 3.23. The van der Waals surface area contributed by atoms with Crippen molar-refractivity contribution in [1.29, 1.82) is 0 Å². The molecule has 1 aliphatic rings. The lowest BCUT2D eigenvalue weighted by atomic mass is 9.83. The summed E-state index contributed by atoms with van der Waals surface area (Å²) in [6, 6.07) is 6.07. The van der Waals surface area contributed by atoms with Crippen LogP contribution in [0.2, 0.25) is 0 Å². The summed E-state index contributed by atoms with van der Waals surface area (Å²) < 4.78 is 0. The molecule has 0 bridgehead atoms. The van der Waals surface area contributed by atoms with Crippen LogP contribution in [-0.2, 0) is 12.8 Å². The fraction of sp³-hybridized carbons (Fsp3) is 0.714. The van der Waals surface area contributed by atoms with Gasteiger partial charge in [-0.25, -0.2) is 0 Å². The zero-order valence-electron chi connectivity index (χ0n) is 15.0. The van der Waals surface area contributed by atoms with Crippen molar-refractivity contribution in [3.63, 3.8) is 0 Å². The maximum atomic E-state index is 10.2. The van der Waals surface area contributed by atoms with Crippen LogP contribution in [0.4, 0.5) is 0 Å². The van der Waals surface area contributed by atoms with Crippen LogP contribution in [0.1, 0.15) is 83.8 Å². The topological polar surface area (TPSA) is 20.2 Å². The minimum Gasteiger partial charge on any atom is -0.508 e. The smallest absolute Gasteiger partial charge is 0.119 e. The molecule has 0 unspecified atom stereocenters. The van der Waals surface area contributed by atoms with E-state index in [0.717, 1.165) is 12.8 Å². The van der Waals surface area contributed by atoms with Gasteiger partial charge in [-0.15, -0.1) is 0 Å². The molecule has 0 aliphatic heterocycles. The quantitative estimate of drug-likeness (QED) is 0.569. The Morgan fingerprint density at radius 3 is 2.50 bits per heavy atom. The summed E-state index contributed by atoms with van der Waals surface area (Å²) >= 11 is 0. The SMILES string of the molecule is CCC(C)(C)CCCc1c(O)cccc1CCCC1(C)CC1. The van der Waals surface area contributed by atoms with Gasteiger partial charge >= 0.3 is 0 Å². The van der Waals surface area contributed by atoms with Crippen LogP contribution >= 0.6 is 0 Å². The molecular formula is C21H34O. The van der Waals surface area contributed by atoms with Crippen LogP contribution < -0.4 is 0 Å². The van der Waals surface area contributed by atoms with Gasteiger partial charge in [-0.1, -0.05) is 46.2 Å². The van der Waals surface area contributed by atoms with E-state index in [-0.39, 0.29) is 0 Å². The van der Waals surface area contributed by atoms with E-state index in [1.807, 2.05) is 12.1 Å². The lowest BCUT2D eigenvalue weighted by Gasteiger charge is -2.22. The molecular weight excluding hydrogens is 268 g/mol. The third-order valence-electron chi connectivity index (χ3n) is 5.82. The highest BCUT2D eigenvalue weighted by atomic mass is 16.3. The van der Waals surface area contributed by atoms with Gasteiger partial charge in [-0.3, -0.25) is 0 Å². The molecule has 124 valence electrons. The Balaban J connectivity index is 1.90. The van der Waals surface area contributed by atoms with Crippen LogP contribution in [0.3, 0.4) is 0 Å². The number of phenols is 1. The van der Waals surface area contributed by atoms with Crippen molar-refractivity contribution in [2.75, 3.05) is 0 Å². The maximum Gasteiger partial charge on any atom is 0.119 e. The Bertz CT molecular complexity index is 483. The Morgan fingerprint density at radius 1 is 1.14 bits per heavy atom. The van der Waals surface area contributed by atoms with Crippen LogP contribution in [0, 0.1) is 10.8 Å². The standard InChI is InChI=1S/C21H34O/c1-5-20(2,3)13-8-11-18-17(9-6-12-19(18)22)10-7-14-21(4)15-16-21/h6,9,12,22H,5,7-8,10-11,13-16H2,1-4H3. The third kappa shape index (κ3) is 5.04. The molecule has 0 saturated heterocycles. The van der Waals surface area contributed by atoms with Crippen molar-refractivity contribution in [1.82, 2.24) is 0 Å². The highest BCUT2D eigenvalue weighted by molar-refractivity contribution is 5.39. The number of phenolic OH excluding ortho intramolecular Hbond substituents is 1. The molecule has 0 radical (unpaired) electrons. The van der Waals surface area contributed by atoms with Gasteiger partial charge in [0.2, 0.25) is 0 Å². The zero-order valence-corrected chi connectivity index (χ0v) is 15.0. The van der Waals surface area contributed by atoms with E-state index in [1.165, 1.54) is 56.1 Å². The molecule has 0 spiro atoms. The minimum atomic E-state index is 0.422. The number of hydrogen-bond acceptors (Lipinski definition) is 1. The molecule has 1 aromatic carbocycles. The summed E-state index contributed by atoms with van der Waals surface area (Å²) in [4.78, 5) is 0. The maximum absolute atomic E-state index is 10.2. The van der Waals surface area contributed by atoms with Crippen LogP contribution in [-0.4, -0.2) is 5.11 Å². The summed E-state index contributed by atoms with van der Waals surface area (Å²) in [6.07, 6.45) is 11.2. The van der Waals surface area contributed by atoms with Crippen molar-refractivity contribution in [3.8, 4) is 5.75 Å². The second-order valence-electron chi connectivity index (χ2n) is 8.45. The Morgan fingerprint density at radius 2 is 1.86 bits per heavy atom. The summed E-state index contributed by atoms with van der Waals surface area (Å²) in [6.45, 7) is 9.36. The highest BCUT2D eigenvalue weighted by Crippen LogP contribution is 2.49. The van der Waals surface area contributed by atoms with E-state index in [0.29, 0.717) is 16.6 Å². The summed E-state index contributed by atoms with van der Waals surface area (Å²) in [7, 11) is 0. The average Bonchev–Trinajstić information content (AvgIpc) is 3.19. The van der Waals surface area contributed by atoms with Gasteiger partial charge < -0.3 is 5.11 Å². The molecule has 1 saturated carbocycles. The van der Waals surface area contributed by atoms with Crippen molar-refractivity contribution in [2.24, 2.45) is 10.8 Å². The van der Waals surface area contributed by atoms with Gasteiger partial charge in [-0.2, -0.15) is 0 Å². The van der Waals surface area contributed by atoms with Gasteiger partial charge in [-0.05, 0) is 79.4 Å². The molecule has 1 heteroatoms. The molecule has 1 nitrogen and oxygen atoms in total. The molecule has 2 rings (SSSR count). The third-order valence-corrected chi connectivity index (χ3v) is 5.82. The van der Waals surface area contributed by atoms with Gasteiger partial charge in [0.25, 0.3) is 0 Å². The summed E-state index contributed by atoms with van der Waals surface area (Å²) in [5.41, 5.74) is 3.64. The predicted molar refractivity (Wildman–Crippen MR) is 95.4 cm³/mol. The molecule has 1 aliphatic carbocycles. The molecule has 0 aromatic heterocycles. The molecule has 1 fully saturated rings. The van der Waals surface area contributed by atoms with Crippen molar-refractivity contribution in [2.45, 2.75) is 85.5 Å². The lowest BCUT2D eigenvalue weighted by molar-refractivity contribution is 0.312. The number of aromatic hydroxyl groups is 1. The number of benzene rings is 1. The fourth-order valence-electron chi connectivity index (χ4n) is 3.23. The second-order valence-corrected chi connectivity index (χ2v) is 8.45. The van der Waals surface area contributed by atoms with Gasteiger partial charge in [0.05, 0.1) is 0 Å². The largest absolute Gasteiger partial charge is 0.508 e. The molecule has 1 N–H and O–H groups in total. The minimum absolute atomic E-state index is 0.422. The monoisotopic (exact) mass is 302 g/mol. The Labute approximate surface area is 137 Å². The van der Waals surface area contributed by atoms with E-state index in [1.54, 1.807) is 0 Å². The summed E-state index contributed by atoms with van der Waals surface area (Å²) in [5.74, 6) is 0.504. The van der Waals surface area contributed by atoms with Gasteiger partial charge in [0, 0.05) is 0 Å². The zero-order chi connectivity index (χ0) is 16.2. The number of rotatable bonds is 9. The summed E-state index contributed by atoms with van der Waals surface area (Å²) in [5, 5.41) is 10.2. The van der Waals surface area contributed by atoms with E-state index in [9.17, 15) is 5.11 Å². The van der Waals surface area contributed by atoms with Crippen LogP contribution in [0.15, 0.2) is 18.2 Å². The first-order chi connectivity index (χ1) is 10.4. The van der Waals surface area contributed by atoms with Crippen molar-refractivity contribution in [3.05, 3.63) is 29.3 Å². The normalized spacial score (nSPS) is 16.7. The Kier molecular flexibility index (Phi) is 5.58. The van der Waals surface area contributed by atoms with Gasteiger partial charge in [0.1, 0.15) is 5.75 Å². The molecule has 1 aromatic rings. The first kappa shape index (κ1) is 17.4. The van der Waals surface area contributed by atoms with Crippen LogP contribution in [0.25, 0.3) is 0 Å². The molecule has 0 atom stereocenters. The van der Waals surface area contributed by atoms with E-state index in [4.69, 9.17) is 0 Å². The van der Waals surface area contributed by atoms with Crippen molar-refractivity contribution >= 4 is 0 Å². The predicted octanol–water partition coefficient (Wildman–Crippen LogP) is 6.27. The van der Waals surface area contributed by atoms with Gasteiger partial charge in [0.15, 0.2) is 0 Å². The molecule has 0 heterocycles. The highest BCUT2D eigenvalue weighted by Gasteiger charge is 2.36. The number of hydrogen-bond donors (Lipinski definition) is 1. The average molecular weight is 303 g/mol. The second kappa shape index (κ2) is 7.06. The van der Waals surface area contributed by atoms with E-state index < -0.39 is 0 Å². The first-order valence-corrected chi connectivity index (χ1v) is 9.15. The Hall–Kier alpha value is -0.980. The molecule has 0 amide bonds. The van der Waals surface area contributed by atoms with Crippen LogP contribution in [0.5, 0.6) is 5.75 Å². The lowest BCUT2D eigenvalue weighted by Crippen LogP contribution is -2.10.